The second-order valence-electron chi connectivity index (χ2n) is 4.35. The first kappa shape index (κ1) is 13.5. The van der Waals surface area contributed by atoms with Crippen LogP contribution in [-0.2, 0) is 21.2 Å². The summed E-state index contributed by atoms with van der Waals surface area (Å²) < 4.78 is 22.4. The zero-order chi connectivity index (χ0) is 13.3. The first-order valence-electron chi connectivity index (χ1n) is 5.82. The highest BCUT2D eigenvalue weighted by Crippen LogP contribution is 2.28. The molecule has 2 rings (SSSR count). The fourth-order valence-electron chi connectivity index (χ4n) is 1.88. The summed E-state index contributed by atoms with van der Waals surface area (Å²) in [5, 5.41) is 5.03. The normalized spacial score (nSPS) is 15.7. The van der Waals surface area contributed by atoms with Crippen LogP contribution >= 0.6 is 11.3 Å². The van der Waals surface area contributed by atoms with Crippen molar-refractivity contribution in [3.05, 3.63) is 17.0 Å². The minimum absolute atomic E-state index is 0.0582. The number of sulfonamides is 1. The van der Waals surface area contributed by atoms with Crippen LogP contribution in [0.2, 0.25) is 0 Å². The predicted octanol–water partition coefficient (Wildman–Crippen LogP) is 0.949. The number of hydrogen-bond donors (Lipinski definition) is 1. The van der Waals surface area contributed by atoms with Crippen molar-refractivity contribution >= 4 is 27.3 Å². The van der Waals surface area contributed by atoms with Gasteiger partial charge in [-0.15, -0.1) is 11.3 Å². The molecule has 1 heterocycles. The van der Waals surface area contributed by atoms with Gasteiger partial charge in [-0.05, 0) is 31.9 Å². The Morgan fingerprint density at radius 3 is 2.61 bits per heavy atom. The Morgan fingerprint density at radius 2 is 2.17 bits per heavy atom. The van der Waals surface area contributed by atoms with Crippen molar-refractivity contribution < 1.29 is 13.2 Å². The van der Waals surface area contributed by atoms with E-state index < -0.39 is 10.0 Å². The van der Waals surface area contributed by atoms with Crippen molar-refractivity contribution in [2.75, 3.05) is 6.54 Å². The maximum atomic E-state index is 12.0. The minimum atomic E-state index is -3.65. The number of amides is 1. The van der Waals surface area contributed by atoms with Gasteiger partial charge in [0, 0.05) is 17.5 Å². The maximum Gasteiger partial charge on any atom is 0.247 e. The van der Waals surface area contributed by atoms with E-state index in [1.54, 1.807) is 6.07 Å². The quantitative estimate of drug-likeness (QED) is 0.876. The summed E-state index contributed by atoms with van der Waals surface area (Å²) in [5.74, 6) is 0.0582. The van der Waals surface area contributed by atoms with E-state index in [2.05, 4.69) is 0 Å². The summed E-state index contributed by atoms with van der Waals surface area (Å²) in [6.45, 7) is 2.66. The highest BCUT2D eigenvalue weighted by Gasteiger charge is 2.31. The van der Waals surface area contributed by atoms with Crippen LogP contribution in [0.3, 0.4) is 0 Å². The molecule has 100 valence electrons. The van der Waals surface area contributed by atoms with E-state index in [-0.39, 0.29) is 16.5 Å². The molecule has 1 saturated carbocycles. The molecule has 0 aliphatic heterocycles. The van der Waals surface area contributed by atoms with E-state index in [1.807, 2.05) is 11.8 Å². The molecular weight excluding hydrogens is 272 g/mol. The first-order valence-corrected chi connectivity index (χ1v) is 8.19. The summed E-state index contributed by atoms with van der Waals surface area (Å²) in [4.78, 5) is 14.6. The lowest BCUT2D eigenvalue weighted by Gasteiger charge is -2.19. The van der Waals surface area contributed by atoms with Crippen molar-refractivity contribution in [1.29, 1.82) is 0 Å². The van der Waals surface area contributed by atoms with Gasteiger partial charge >= 0.3 is 0 Å². The molecule has 18 heavy (non-hydrogen) atoms. The number of carbonyl (C=O) groups excluding carboxylic acids is 1. The van der Waals surface area contributed by atoms with Gasteiger partial charge in [-0.3, -0.25) is 4.79 Å². The summed E-state index contributed by atoms with van der Waals surface area (Å²) in [6, 6.07) is 3.50. The fourth-order valence-corrected chi connectivity index (χ4v) is 3.65. The van der Waals surface area contributed by atoms with E-state index in [1.165, 1.54) is 6.07 Å². The Balaban J connectivity index is 2.05. The van der Waals surface area contributed by atoms with Crippen molar-refractivity contribution in [2.45, 2.75) is 36.4 Å². The van der Waals surface area contributed by atoms with Gasteiger partial charge in [0.1, 0.15) is 4.21 Å². The molecular formula is C11H16N2O3S2. The molecule has 0 bridgehead atoms. The smallest absolute Gasteiger partial charge is 0.247 e. The summed E-state index contributed by atoms with van der Waals surface area (Å²) in [6.07, 6.45) is 2.41. The van der Waals surface area contributed by atoms with Crippen LogP contribution in [0.4, 0.5) is 0 Å². The van der Waals surface area contributed by atoms with Crippen molar-refractivity contribution in [1.82, 2.24) is 4.90 Å². The number of nitrogens with zero attached hydrogens (tertiary/aromatic N) is 1. The van der Waals surface area contributed by atoms with Crippen molar-refractivity contribution in [3.8, 4) is 0 Å². The third kappa shape index (κ3) is 3.09. The van der Waals surface area contributed by atoms with Gasteiger partial charge in [0.2, 0.25) is 15.9 Å². The number of hydrogen-bond acceptors (Lipinski definition) is 4. The number of carbonyl (C=O) groups is 1. The lowest BCUT2D eigenvalue weighted by atomic mass is 10.3. The number of thiophene rings is 1. The Hall–Kier alpha value is -0.920. The molecule has 5 nitrogen and oxygen atoms in total. The second-order valence-corrected chi connectivity index (χ2v) is 7.31. The average molecular weight is 288 g/mol. The maximum absolute atomic E-state index is 12.0. The Morgan fingerprint density at radius 1 is 1.50 bits per heavy atom. The lowest BCUT2D eigenvalue weighted by Crippen LogP contribution is -2.33. The van der Waals surface area contributed by atoms with Crippen molar-refractivity contribution in [2.24, 2.45) is 5.14 Å². The highest BCUT2D eigenvalue weighted by molar-refractivity contribution is 7.91. The number of nitrogens with two attached hydrogens (primary N) is 1. The Kier molecular flexibility index (Phi) is 3.74. The molecule has 2 N–H and O–H groups in total. The second kappa shape index (κ2) is 4.99. The summed E-state index contributed by atoms with van der Waals surface area (Å²) in [5.41, 5.74) is 0. The third-order valence-electron chi connectivity index (χ3n) is 2.89. The molecule has 1 aromatic heterocycles. The van der Waals surface area contributed by atoms with Crippen LogP contribution in [0, 0.1) is 0 Å². The summed E-state index contributed by atoms with van der Waals surface area (Å²) in [7, 11) is -3.65. The standard InChI is InChI=1S/C11H16N2O3S2/c1-2-13(8-3-4-8)10(14)7-9-5-6-11(17-9)18(12,15)16/h5-6,8H,2-4,7H2,1H3,(H2,12,15,16). The molecule has 0 saturated heterocycles. The topological polar surface area (TPSA) is 80.5 Å². The van der Waals surface area contributed by atoms with Crippen LogP contribution in [0.15, 0.2) is 16.3 Å². The van der Waals surface area contributed by atoms with E-state index in [0.29, 0.717) is 12.6 Å². The van der Waals surface area contributed by atoms with Gasteiger partial charge < -0.3 is 4.90 Å². The van der Waals surface area contributed by atoms with E-state index in [0.717, 1.165) is 29.1 Å². The Bertz CT molecular complexity index is 546. The molecule has 0 unspecified atom stereocenters. The summed E-state index contributed by atoms with van der Waals surface area (Å²) >= 11 is 1.07. The number of primary sulfonamides is 1. The molecule has 1 amide bonds. The third-order valence-corrected chi connectivity index (χ3v) is 5.42. The zero-order valence-corrected chi connectivity index (χ0v) is 11.8. The number of likely N-dealkylation sites (N-methyl/N-ethyl adjacent to an activating group) is 1. The molecule has 1 fully saturated rings. The molecule has 0 aromatic carbocycles. The van der Waals surface area contributed by atoms with Crippen LogP contribution < -0.4 is 5.14 Å². The van der Waals surface area contributed by atoms with E-state index in [9.17, 15) is 13.2 Å². The van der Waals surface area contributed by atoms with Gasteiger partial charge in [-0.1, -0.05) is 0 Å². The average Bonchev–Trinajstić information content (AvgIpc) is 2.97. The van der Waals surface area contributed by atoms with Crippen LogP contribution in [-0.4, -0.2) is 31.8 Å². The minimum Gasteiger partial charge on any atom is -0.340 e. The van der Waals surface area contributed by atoms with Crippen LogP contribution in [0.5, 0.6) is 0 Å². The van der Waals surface area contributed by atoms with E-state index >= 15 is 0 Å². The molecule has 0 radical (unpaired) electrons. The Labute approximate surface area is 111 Å². The van der Waals surface area contributed by atoms with Gasteiger partial charge in [-0.2, -0.15) is 0 Å². The molecule has 1 aliphatic carbocycles. The van der Waals surface area contributed by atoms with Gasteiger partial charge in [0.05, 0.1) is 6.42 Å². The highest BCUT2D eigenvalue weighted by atomic mass is 32.2. The number of rotatable bonds is 5. The van der Waals surface area contributed by atoms with Crippen LogP contribution in [0.1, 0.15) is 24.6 Å². The van der Waals surface area contributed by atoms with E-state index in [4.69, 9.17) is 5.14 Å². The van der Waals surface area contributed by atoms with Gasteiger partial charge in [0.15, 0.2) is 0 Å². The molecule has 7 heteroatoms. The van der Waals surface area contributed by atoms with Crippen LogP contribution in [0.25, 0.3) is 0 Å². The molecule has 1 aromatic rings. The molecule has 0 spiro atoms. The van der Waals surface area contributed by atoms with Gasteiger partial charge in [0.25, 0.3) is 0 Å². The molecule has 1 aliphatic rings. The molecule has 0 atom stereocenters. The fraction of sp³-hybridized carbons (Fsp3) is 0.545. The largest absolute Gasteiger partial charge is 0.340 e. The van der Waals surface area contributed by atoms with Crippen molar-refractivity contribution in [3.63, 3.8) is 0 Å². The zero-order valence-electron chi connectivity index (χ0n) is 10.1. The SMILES string of the molecule is CCN(C(=O)Cc1ccc(S(N)(=O)=O)s1)C1CC1. The first-order chi connectivity index (χ1) is 8.41. The van der Waals surface area contributed by atoms with Gasteiger partial charge in [-0.25, -0.2) is 13.6 Å². The monoisotopic (exact) mass is 288 g/mol. The predicted molar refractivity (Wildman–Crippen MR) is 69.8 cm³/mol. The lowest BCUT2D eigenvalue weighted by molar-refractivity contribution is -0.130.